The molecule has 1 aromatic carbocycles. The Labute approximate surface area is 129 Å². The predicted molar refractivity (Wildman–Crippen MR) is 83.7 cm³/mol. The standard InChI is InChI=1S/C14H24N6O2/c15-19-13(21)4-6-17-9-11-2-1-3-12(8-11)10-18-7-5-14(22)20-16/h1-3,8,17-18H,4-7,9-10,15-16H2,(H,19,21)(H,20,22). The molecule has 8 nitrogen and oxygen atoms in total. The van der Waals surface area contributed by atoms with Gasteiger partial charge >= 0.3 is 0 Å². The lowest BCUT2D eigenvalue weighted by atomic mass is 10.1. The second kappa shape index (κ2) is 10.7. The van der Waals surface area contributed by atoms with E-state index in [1.807, 2.05) is 18.2 Å². The molecule has 0 unspecified atom stereocenters. The van der Waals surface area contributed by atoms with Crippen LogP contribution in [-0.4, -0.2) is 24.9 Å². The Bertz CT molecular complexity index is 441. The smallest absolute Gasteiger partial charge is 0.235 e. The summed E-state index contributed by atoms with van der Waals surface area (Å²) >= 11 is 0. The molecule has 0 atom stereocenters. The fourth-order valence-electron chi connectivity index (χ4n) is 1.86. The molecule has 2 amide bonds. The van der Waals surface area contributed by atoms with E-state index in [-0.39, 0.29) is 11.8 Å². The van der Waals surface area contributed by atoms with Crippen molar-refractivity contribution in [2.75, 3.05) is 13.1 Å². The topological polar surface area (TPSA) is 134 Å². The Hall–Kier alpha value is -2.00. The quantitative estimate of drug-likeness (QED) is 0.137. The van der Waals surface area contributed by atoms with Crippen molar-refractivity contribution in [2.24, 2.45) is 11.7 Å². The Balaban J connectivity index is 2.26. The van der Waals surface area contributed by atoms with Crippen molar-refractivity contribution in [2.45, 2.75) is 25.9 Å². The number of nitrogens with one attached hydrogen (secondary N) is 4. The molecule has 1 aromatic rings. The average molecular weight is 308 g/mol. The molecule has 1 rings (SSSR count). The maximum absolute atomic E-state index is 11.0. The fourth-order valence-corrected chi connectivity index (χ4v) is 1.86. The van der Waals surface area contributed by atoms with Gasteiger partial charge in [-0.1, -0.05) is 24.3 Å². The maximum atomic E-state index is 11.0. The van der Waals surface area contributed by atoms with E-state index in [1.165, 1.54) is 0 Å². The van der Waals surface area contributed by atoms with Crippen LogP contribution in [0.5, 0.6) is 0 Å². The summed E-state index contributed by atoms with van der Waals surface area (Å²) in [5, 5.41) is 6.36. The SMILES string of the molecule is NNC(=O)CCNCc1cccc(CNCCC(=O)NN)c1. The molecule has 0 aliphatic heterocycles. The Kier molecular flexibility index (Phi) is 8.77. The third-order valence-corrected chi connectivity index (χ3v) is 3.03. The lowest BCUT2D eigenvalue weighted by Crippen LogP contribution is -2.32. The lowest BCUT2D eigenvalue weighted by molar-refractivity contribution is -0.121. The zero-order valence-electron chi connectivity index (χ0n) is 12.5. The molecule has 0 bridgehead atoms. The minimum absolute atomic E-state index is 0.188. The summed E-state index contributed by atoms with van der Waals surface area (Å²) in [5.41, 5.74) is 6.44. The summed E-state index contributed by atoms with van der Waals surface area (Å²) in [6.45, 7) is 2.50. The van der Waals surface area contributed by atoms with Crippen molar-refractivity contribution < 1.29 is 9.59 Å². The van der Waals surface area contributed by atoms with Gasteiger partial charge in [0.15, 0.2) is 0 Å². The van der Waals surface area contributed by atoms with Gasteiger partial charge in [0.2, 0.25) is 11.8 Å². The van der Waals surface area contributed by atoms with Gasteiger partial charge in [-0.25, -0.2) is 11.7 Å². The molecule has 8 N–H and O–H groups in total. The first kappa shape index (κ1) is 18.1. The van der Waals surface area contributed by atoms with E-state index in [9.17, 15) is 9.59 Å². The molecule has 0 heterocycles. The van der Waals surface area contributed by atoms with Crippen molar-refractivity contribution in [1.82, 2.24) is 21.5 Å². The number of hydrogen-bond donors (Lipinski definition) is 6. The molecule has 0 radical (unpaired) electrons. The molecule has 8 heteroatoms. The van der Waals surface area contributed by atoms with Crippen molar-refractivity contribution >= 4 is 11.8 Å². The molecule has 0 saturated carbocycles. The van der Waals surface area contributed by atoms with Crippen LogP contribution in [0.4, 0.5) is 0 Å². The normalized spacial score (nSPS) is 10.3. The number of amides is 2. The summed E-state index contributed by atoms with van der Waals surface area (Å²) in [6, 6.07) is 8.09. The Morgan fingerprint density at radius 3 is 1.73 bits per heavy atom. The third kappa shape index (κ3) is 7.70. The van der Waals surface area contributed by atoms with E-state index >= 15 is 0 Å². The van der Waals surface area contributed by atoms with Gasteiger partial charge in [0.25, 0.3) is 0 Å². The molecule has 122 valence electrons. The number of hydrazine groups is 2. The summed E-state index contributed by atoms with van der Waals surface area (Å²) < 4.78 is 0. The van der Waals surface area contributed by atoms with Gasteiger partial charge in [-0.3, -0.25) is 20.4 Å². The number of nitrogens with two attached hydrogens (primary N) is 2. The maximum Gasteiger partial charge on any atom is 0.235 e. The van der Waals surface area contributed by atoms with Gasteiger partial charge in [-0.15, -0.1) is 0 Å². The van der Waals surface area contributed by atoms with Crippen LogP contribution in [-0.2, 0) is 22.7 Å². The summed E-state index contributed by atoms with van der Waals surface area (Å²) in [7, 11) is 0. The van der Waals surface area contributed by atoms with Crippen molar-refractivity contribution in [3.8, 4) is 0 Å². The molecule has 0 fully saturated rings. The van der Waals surface area contributed by atoms with Gasteiger partial charge in [-0.05, 0) is 11.1 Å². The number of benzene rings is 1. The van der Waals surface area contributed by atoms with Crippen molar-refractivity contribution in [1.29, 1.82) is 0 Å². The minimum atomic E-state index is -0.188. The first-order valence-corrected chi connectivity index (χ1v) is 7.14. The zero-order valence-corrected chi connectivity index (χ0v) is 12.5. The van der Waals surface area contributed by atoms with Crippen LogP contribution in [0, 0.1) is 0 Å². The van der Waals surface area contributed by atoms with Gasteiger partial charge in [-0.2, -0.15) is 0 Å². The largest absolute Gasteiger partial charge is 0.312 e. The number of carbonyl (C=O) groups excluding carboxylic acids is 2. The van der Waals surface area contributed by atoms with Crippen LogP contribution in [0.3, 0.4) is 0 Å². The highest BCUT2D eigenvalue weighted by atomic mass is 16.2. The lowest BCUT2D eigenvalue weighted by Gasteiger charge is -2.08. The summed E-state index contributed by atoms with van der Waals surface area (Å²) in [5.74, 6) is 9.63. The number of rotatable bonds is 10. The van der Waals surface area contributed by atoms with Crippen LogP contribution >= 0.6 is 0 Å². The Morgan fingerprint density at radius 1 is 0.864 bits per heavy atom. The monoisotopic (exact) mass is 308 g/mol. The second-order valence-electron chi connectivity index (χ2n) is 4.81. The van der Waals surface area contributed by atoms with E-state index in [4.69, 9.17) is 11.7 Å². The summed E-state index contributed by atoms with van der Waals surface area (Å²) in [4.78, 5) is 21.9. The molecule has 22 heavy (non-hydrogen) atoms. The second-order valence-corrected chi connectivity index (χ2v) is 4.81. The van der Waals surface area contributed by atoms with E-state index in [0.29, 0.717) is 39.0 Å². The van der Waals surface area contributed by atoms with E-state index in [1.54, 1.807) is 0 Å². The highest BCUT2D eigenvalue weighted by molar-refractivity contribution is 5.75. The molecule has 0 spiro atoms. The molecule has 0 aliphatic rings. The highest BCUT2D eigenvalue weighted by Gasteiger charge is 2.00. The van der Waals surface area contributed by atoms with Gasteiger partial charge in [0, 0.05) is 39.0 Å². The first-order valence-electron chi connectivity index (χ1n) is 7.14. The van der Waals surface area contributed by atoms with Gasteiger partial charge in [0.1, 0.15) is 0 Å². The third-order valence-electron chi connectivity index (χ3n) is 3.03. The van der Waals surface area contributed by atoms with Crippen LogP contribution < -0.4 is 33.2 Å². The molecule has 0 aromatic heterocycles. The average Bonchev–Trinajstić information content (AvgIpc) is 2.55. The first-order chi connectivity index (χ1) is 10.7. The van der Waals surface area contributed by atoms with Crippen molar-refractivity contribution in [3.63, 3.8) is 0 Å². The molecule has 0 aliphatic carbocycles. The number of carbonyl (C=O) groups is 2. The predicted octanol–water partition coefficient (Wildman–Crippen LogP) is -1.37. The Morgan fingerprint density at radius 2 is 1.32 bits per heavy atom. The molecular weight excluding hydrogens is 284 g/mol. The van der Waals surface area contributed by atoms with E-state index in [2.05, 4.69) is 27.6 Å². The van der Waals surface area contributed by atoms with Gasteiger partial charge in [0.05, 0.1) is 0 Å². The molecule has 0 saturated heterocycles. The van der Waals surface area contributed by atoms with Gasteiger partial charge < -0.3 is 10.6 Å². The van der Waals surface area contributed by atoms with Crippen molar-refractivity contribution in [3.05, 3.63) is 35.4 Å². The van der Waals surface area contributed by atoms with E-state index in [0.717, 1.165) is 11.1 Å². The highest BCUT2D eigenvalue weighted by Crippen LogP contribution is 2.05. The van der Waals surface area contributed by atoms with E-state index < -0.39 is 0 Å². The zero-order chi connectivity index (χ0) is 16.2. The summed E-state index contributed by atoms with van der Waals surface area (Å²) in [6.07, 6.45) is 0.696. The van der Waals surface area contributed by atoms with Crippen LogP contribution in [0.15, 0.2) is 24.3 Å². The van der Waals surface area contributed by atoms with Crippen LogP contribution in [0.25, 0.3) is 0 Å². The molecular formula is C14H24N6O2. The fraction of sp³-hybridized carbons (Fsp3) is 0.429. The van der Waals surface area contributed by atoms with Crippen LogP contribution in [0.2, 0.25) is 0 Å². The number of hydrogen-bond acceptors (Lipinski definition) is 6. The minimum Gasteiger partial charge on any atom is -0.312 e. The van der Waals surface area contributed by atoms with Crippen LogP contribution in [0.1, 0.15) is 24.0 Å².